The minimum atomic E-state index is -0.915. The number of hydrogen-bond donors (Lipinski definition) is 2. The van der Waals surface area contributed by atoms with E-state index < -0.39 is 23.5 Å². The van der Waals surface area contributed by atoms with Gasteiger partial charge in [0, 0.05) is 12.5 Å². The molecule has 0 fully saturated rings. The van der Waals surface area contributed by atoms with Crippen molar-refractivity contribution in [3.63, 3.8) is 0 Å². The van der Waals surface area contributed by atoms with Crippen molar-refractivity contribution in [2.75, 3.05) is 0 Å². The first-order valence-corrected chi connectivity index (χ1v) is 15.6. The van der Waals surface area contributed by atoms with Gasteiger partial charge in [0.25, 0.3) is 0 Å². The first-order chi connectivity index (χ1) is 22.3. The molecule has 246 valence electrons. The van der Waals surface area contributed by atoms with Gasteiger partial charge in [-0.25, -0.2) is 0 Å². The van der Waals surface area contributed by atoms with Gasteiger partial charge >= 0.3 is 11.9 Å². The lowest BCUT2D eigenvalue weighted by molar-refractivity contribution is -0.157. The summed E-state index contributed by atoms with van der Waals surface area (Å²) in [5, 5.41) is 19.2. The zero-order valence-electron chi connectivity index (χ0n) is 27.9. The van der Waals surface area contributed by atoms with Crippen LogP contribution in [0.5, 0.6) is 17.2 Å². The molecule has 2 aromatic carbocycles. The highest BCUT2D eigenvalue weighted by atomic mass is 16.6. The van der Waals surface area contributed by atoms with E-state index in [0.29, 0.717) is 23.3 Å². The largest absolute Gasteiger partial charge is 0.508 e. The zero-order valence-corrected chi connectivity index (χ0v) is 27.9. The second kappa shape index (κ2) is 16.9. The molecule has 0 aromatic heterocycles. The van der Waals surface area contributed by atoms with Crippen LogP contribution >= 0.6 is 0 Å². The molecule has 0 heterocycles. The van der Waals surface area contributed by atoms with Crippen molar-refractivity contribution in [2.24, 2.45) is 5.41 Å². The molecule has 7 heteroatoms. The number of Topliss-reactive ketones (excluding diaryl/α,β-unsaturated/α-hetero) is 1. The minimum Gasteiger partial charge on any atom is -0.508 e. The smallest absolute Gasteiger partial charge is 0.311 e. The number of ketones is 1. The third-order valence-electron chi connectivity index (χ3n) is 7.59. The van der Waals surface area contributed by atoms with Crippen molar-refractivity contribution < 1.29 is 34.1 Å². The Balaban J connectivity index is 1.52. The number of phenols is 2. The monoisotopic (exact) mass is 636 g/mol. The summed E-state index contributed by atoms with van der Waals surface area (Å²) in [4.78, 5) is 38.2. The Hall–Kier alpha value is -5.17. The Morgan fingerprint density at radius 2 is 1.45 bits per heavy atom. The fraction of sp³-hybridized carbons (Fsp3) is 0.275. The fourth-order valence-electron chi connectivity index (χ4n) is 5.08. The SMILES string of the molecule is C/C=C/C=C(C)/C=C/C=C(C)/C=C/C1=C(C)C(=O)C(OC(=O)CCC(=O)Oc2ccc(/C=C/c3cc(O)cc(O)c3)cc2)CC1(C)C. The van der Waals surface area contributed by atoms with Crippen molar-refractivity contribution in [3.8, 4) is 17.2 Å². The molecule has 0 spiro atoms. The average molecular weight is 637 g/mol. The molecule has 1 unspecified atom stereocenters. The Bertz CT molecular complexity index is 1650. The molecular weight excluding hydrogens is 592 g/mol. The lowest BCUT2D eigenvalue weighted by Gasteiger charge is -2.36. The molecule has 1 atom stereocenters. The summed E-state index contributed by atoms with van der Waals surface area (Å²) in [5.74, 6) is -1.23. The van der Waals surface area contributed by atoms with E-state index in [-0.39, 0.29) is 30.1 Å². The van der Waals surface area contributed by atoms with E-state index in [0.717, 1.165) is 22.3 Å². The number of esters is 2. The Labute approximate surface area is 277 Å². The topological polar surface area (TPSA) is 110 Å². The highest BCUT2D eigenvalue weighted by Gasteiger charge is 2.39. The molecule has 2 aromatic rings. The predicted octanol–water partition coefficient (Wildman–Crippen LogP) is 8.76. The molecule has 0 saturated heterocycles. The third kappa shape index (κ3) is 11.6. The van der Waals surface area contributed by atoms with E-state index in [1.165, 1.54) is 18.2 Å². The van der Waals surface area contributed by atoms with Crippen LogP contribution < -0.4 is 4.74 Å². The first-order valence-electron chi connectivity index (χ1n) is 15.6. The fourth-order valence-corrected chi connectivity index (χ4v) is 5.08. The summed E-state index contributed by atoms with van der Waals surface area (Å²) in [5.41, 5.74) is 4.65. The molecular formula is C40H44O7. The molecule has 47 heavy (non-hydrogen) atoms. The summed E-state index contributed by atoms with van der Waals surface area (Å²) in [6, 6.07) is 11.0. The number of carbonyl (C=O) groups is 3. The molecule has 2 N–H and O–H groups in total. The van der Waals surface area contributed by atoms with E-state index in [4.69, 9.17) is 9.47 Å². The van der Waals surface area contributed by atoms with Gasteiger partial charge in [-0.15, -0.1) is 0 Å². The summed E-state index contributed by atoms with van der Waals surface area (Å²) >= 11 is 0. The lowest BCUT2D eigenvalue weighted by Crippen LogP contribution is -2.39. The quantitative estimate of drug-likeness (QED) is 0.104. The number of ether oxygens (including phenoxy) is 2. The molecule has 3 rings (SSSR count). The molecule has 0 saturated carbocycles. The number of aromatic hydroxyl groups is 2. The van der Waals surface area contributed by atoms with Crippen LogP contribution in [0.4, 0.5) is 0 Å². The van der Waals surface area contributed by atoms with Crippen molar-refractivity contribution in [2.45, 2.75) is 66.9 Å². The maximum Gasteiger partial charge on any atom is 0.311 e. The average Bonchev–Trinajstić information content (AvgIpc) is 3.00. The van der Waals surface area contributed by atoms with Gasteiger partial charge < -0.3 is 19.7 Å². The minimum absolute atomic E-state index is 0.0404. The Morgan fingerprint density at radius 1 is 0.851 bits per heavy atom. The highest BCUT2D eigenvalue weighted by molar-refractivity contribution is 6.01. The zero-order chi connectivity index (χ0) is 34.6. The van der Waals surface area contributed by atoms with Crippen LogP contribution in [0, 0.1) is 5.41 Å². The van der Waals surface area contributed by atoms with Crippen LogP contribution in [0.1, 0.15) is 71.9 Å². The van der Waals surface area contributed by atoms with E-state index in [9.17, 15) is 24.6 Å². The van der Waals surface area contributed by atoms with E-state index in [1.54, 1.807) is 43.3 Å². The van der Waals surface area contributed by atoms with Gasteiger partial charge in [0.05, 0.1) is 12.8 Å². The Morgan fingerprint density at radius 3 is 2.11 bits per heavy atom. The van der Waals surface area contributed by atoms with Gasteiger partial charge in [0.1, 0.15) is 17.2 Å². The molecule has 1 aliphatic rings. The van der Waals surface area contributed by atoms with Gasteiger partial charge in [0.15, 0.2) is 11.9 Å². The van der Waals surface area contributed by atoms with E-state index in [1.807, 2.05) is 83.2 Å². The summed E-state index contributed by atoms with van der Waals surface area (Å²) in [6.45, 7) is 11.8. The van der Waals surface area contributed by atoms with Gasteiger partial charge in [-0.05, 0) is 79.6 Å². The maximum atomic E-state index is 13.2. The van der Waals surface area contributed by atoms with Gasteiger partial charge in [-0.3, -0.25) is 14.4 Å². The number of allylic oxidation sites excluding steroid dienone is 11. The molecule has 0 bridgehead atoms. The first kappa shape index (κ1) is 36.3. The van der Waals surface area contributed by atoms with Crippen LogP contribution in [-0.2, 0) is 19.1 Å². The lowest BCUT2D eigenvalue weighted by atomic mass is 9.71. The number of rotatable bonds is 12. The van der Waals surface area contributed by atoms with Crippen LogP contribution in [0.15, 0.2) is 113 Å². The molecule has 0 amide bonds. The molecule has 0 radical (unpaired) electrons. The van der Waals surface area contributed by atoms with Crippen molar-refractivity contribution in [1.82, 2.24) is 0 Å². The van der Waals surface area contributed by atoms with Crippen LogP contribution in [0.3, 0.4) is 0 Å². The predicted molar refractivity (Wildman–Crippen MR) is 187 cm³/mol. The van der Waals surface area contributed by atoms with Crippen LogP contribution in [0.2, 0.25) is 0 Å². The second-order valence-corrected chi connectivity index (χ2v) is 12.2. The molecule has 0 aliphatic heterocycles. The van der Waals surface area contributed by atoms with Gasteiger partial charge in [-0.2, -0.15) is 0 Å². The number of phenolic OH excluding ortho intramolecular Hbond substituents is 2. The van der Waals surface area contributed by atoms with Crippen LogP contribution in [-0.4, -0.2) is 34.0 Å². The van der Waals surface area contributed by atoms with Crippen molar-refractivity contribution in [1.29, 1.82) is 0 Å². The maximum absolute atomic E-state index is 13.2. The molecule has 7 nitrogen and oxygen atoms in total. The Kier molecular flexibility index (Phi) is 13.1. The van der Waals surface area contributed by atoms with Gasteiger partial charge in [-0.1, -0.05) is 97.9 Å². The second-order valence-electron chi connectivity index (χ2n) is 12.2. The van der Waals surface area contributed by atoms with Crippen LogP contribution in [0.25, 0.3) is 12.2 Å². The standard InChI is InChI=1S/C40H44O7/c1-7-8-10-27(2)11-9-12-28(3)13-20-35-29(4)39(45)36(26-40(35,5)6)47-38(44)22-21-37(43)46-34-18-16-30(17-19-34)14-15-31-23-32(41)25-33(42)24-31/h7-20,23-25,36,41-42H,21-22,26H2,1-6H3/b8-7+,11-9+,15-14+,20-13+,27-10+,28-12+. The van der Waals surface area contributed by atoms with E-state index >= 15 is 0 Å². The highest BCUT2D eigenvalue weighted by Crippen LogP contribution is 2.41. The number of carbonyl (C=O) groups excluding carboxylic acids is 3. The normalized spacial score (nSPS) is 17.4. The third-order valence-corrected chi connectivity index (χ3v) is 7.59. The summed E-state index contributed by atoms with van der Waals surface area (Å²) in [6.07, 6.45) is 18.5. The summed E-state index contributed by atoms with van der Waals surface area (Å²) in [7, 11) is 0. The van der Waals surface area contributed by atoms with E-state index in [2.05, 4.69) is 0 Å². The van der Waals surface area contributed by atoms with Gasteiger partial charge in [0.2, 0.25) is 0 Å². The molecule has 1 aliphatic carbocycles. The van der Waals surface area contributed by atoms with Crippen molar-refractivity contribution >= 4 is 29.9 Å². The number of benzene rings is 2. The summed E-state index contributed by atoms with van der Waals surface area (Å²) < 4.78 is 10.9. The number of hydrogen-bond acceptors (Lipinski definition) is 7. The van der Waals surface area contributed by atoms with Crippen molar-refractivity contribution in [3.05, 3.63) is 124 Å².